The number of likely N-dealkylation sites (tertiary alicyclic amines) is 1. The molecule has 2 N–H and O–H groups in total. The van der Waals surface area contributed by atoms with Gasteiger partial charge in [-0.05, 0) is 6.92 Å². The van der Waals surface area contributed by atoms with Crippen molar-refractivity contribution in [2.24, 2.45) is 11.7 Å². The van der Waals surface area contributed by atoms with E-state index in [0.717, 1.165) is 0 Å². The zero-order valence-corrected chi connectivity index (χ0v) is 7.41. The lowest BCUT2D eigenvalue weighted by atomic mass is 10.1. The summed E-state index contributed by atoms with van der Waals surface area (Å²) in [6.07, 6.45) is 0.336. The van der Waals surface area contributed by atoms with E-state index in [1.165, 1.54) is 4.90 Å². The number of imide groups is 1. The SMILES string of the molecule is CC1CC(=O)N(C(C)CN)C1=O. The van der Waals surface area contributed by atoms with Crippen LogP contribution in [0.2, 0.25) is 0 Å². The quantitative estimate of drug-likeness (QED) is 0.580. The molecule has 0 saturated carbocycles. The molecule has 4 nitrogen and oxygen atoms in total. The number of amides is 2. The van der Waals surface area contributed by atoms with Gasteiger partial charge in [-0.2, -0.15) is 0 Å². The van der Waals surface area contributed by atoms with Crippen LogP contribution in [0.3, 0.4) is 0 Å². The second kappa shape index (κ2) is 3.23. The Morgan fingerprint density at radius 2 is 2.25 bits per heavy atom. The molecule has 0 aromatic rings. The van der Waals surface area contributed by atoms with Gasteiger partial charge in [0.1, 0.15) is 0 Å². The van der Waals surface area contributed by atoms with Gasteiger partial charge in [-0.25, -0.2) is 0 Å². The molecule has 1 fully saturated rings. The highest BCUT2D eigenvalue weighted by molar-refractivity contribution is 6.03. The maximum absolute atomic E-state index is 11.4. The van der Waals surface area contributed by atoms with Crippen LogP contribution >= 0.6 is 0 Å². The van der Waals surface area contributed by atoms with Crippen molar-refractivity contribution in [2.45, 2.75) is 26.3 Å². The molecule has 1 heterocycles. The number of rotatable bonds is 2. The Balaban J connectivity index is 2.76. The minimum atomic E-state index is -0.161. The summed E-state index contributed by atoms with van der Waals surface area (Å²) in [5.74, 6) is -0.338. The number of carbonyl (C=O) groups is 2. The molecule has 0 bridgehead atoms. The molecule has 68 valence electrons. The van der Waals surface area contributed by atoms with Crippen molar-refractivity contribution in [2.75, 3.05) is 6.54 Å². The van der Waals surface area contributed by atoms with Crippen molar-refractivity contribution in [3.8, 4) is 0 Å². The maximum atomic E-state index is 11.4. The van der Waals surface area contributed by atoms with Crippen LogP contribution in [0, 0.1) is 5.92 Å². The first-order chi connectivity index (χ1) is 5.57. The van der Waals surface area contributed by atoms with Crippen LogP contribution in [-0.2, 0) is 9.59 Å². The fourth-order valence-corrected chi connectivity index (χ4v) is 1.38. The Kier molecular flexibility index (Phi) is 2.47. The summed E-state index contributed by atoms with van der Waals surface area (Å²) in [4.78, 5) is 23.9. The molecule has 0 aliphatic carbocycles. The Morgan fingerprint density at radius 1 is 1.67 bits per heavy atom. The molecule has 12 heavy (non-hydrogen) atoms. The Morgan fingerprint density at radius 3 is 2.58 bits per heavy atom. The predicted molar refractivity (Wildman–Crippen MR) is 44.2 cm³/mol. The van der Waals surface area contributed by atoms with Crippen LogP contribution in [0.5, 0.6) is 0 Å². The third-order valence-corrected chi connectivity index (χ3v) is 2.19. The molecule has 0 spiro atoms. The van der Waals surface area contributed by atoms with E-state index in [2.05, 4.69) is 0 Å². The van der Waals surface area contributed by atoms with Crippen LogP contribution in [-0.4, -0.2) is 29.3 Å². The van der Waals surface area contributed by atoms with E-state index in [-0.39, 0.29) is 23.8 Å². The third kappa shape index (κ3) is 1.34. The molecule has 1 rings (SSSR count). The first-order valence-electron chi connectivity index (χ1n) is 4.14. The minimum absolute atomic E-state index is 0.0852. The molecule has 2 unspecified atom stereocenters. The van der Waals surface area contributed by atoms with E-state index in [4.69, 9.17) is 5.73 Å². The summed E-state index contributed by atoms with van der Waals surface area (Å²) < 4.78 is 0. The Hall–Kier alpha value is -0.900. The highest BCUT2D eigenvalue weighted by Crippen LogP contribution is 2.20. The normalized spacial score (nSPS) is 26.6. The van der Waals surface area contributed by atoms with Gasteiger partial charge < -0.3 is 5.73 Å². The zero-order chi connectivity index (χ0) is 9.30. The summed E-state index contributed by atoms with van der Waals surface area (Å²) in [5, 5.41) is 0. The molecule has 2 amide bonds. The van der Waals surface area contributed by atoms with Crippen LogP contribution in [0.1, 0.15) is 20.3 Å². The number of hydrogen-bond acceptors (Lipinski definition) is 3. The van der Waals surface area contributed by atoms with Gasteiger partial charge in [0.05, 0.1) is 0 Å². The van der Waals surface area contributed by atoms with Crippen molar-refractivity contribution in [3.63, 3.8) is 0 Å². The van der Waals surface area contributed by atoms with Gasteiger partial charge in [0.15, 0.2) is 0 Å². The van der Waals surface area contributed by atoms with Gasteiger partial charge in [-0.15, -0.1) is 0 Å². The maximum Gasteiger partial charge on any atom is 0.232 e. The average Bonchev–Trinajstić information content (AvgIpc) is 2.26. The van der Waals surface area contributed by atoms with E-state index >= 15 is 0 Å². The van der Waals surface area contributed by atoms with Crippen molar-refractivity contribution >= 4 is 11.8 Å². The van der Waals surface area contributed by atoms with E-state index < -0.39 is 0 Å². The molecule has 1 aliphatic heterocycles. The summed E-state index contributed by atoms with van der Waals surface area (Å²) in [5.41, 5.74) is 5.38. The number of hydrogen-bond donors (Lipinski definition) is 1. The van der Waals surface area contributed by atoms with Crippen LogP contribution in [0.25, 0.3) is 0 Å². The topological polar surface area (TPSA) is 63.4 Å². The van der Waals surface area contributed by atoms with Crippen LogP contribution in [0.15, 0.2) is 0 Å². The van der Waals surface area contributed by atoms with Gasteiger partial charge in [0.25, 0.3) is 0 Å². The van der Waals surface area contributed by atoms with Gasteiger partial charge >= 0.3 is 0 Å². The third-order valence-electron chi connectivity index (χ3n) is 2.19. The van der Waals surface area contributed by atoms with E-state index in [1.807, 2.05) is 0 Å². The predicted octanol–water partition coefficient (Wildman–Crippen LogP) is -0.271. The highest BCUT2D eigenvalue weighted by Gasteiger charge is 2.37. The lowest BCUT2D eigenvalue weighted by Gasteiger charge is -2.20. The molecule has 1 saturated heterocycles. The molecule has 1 aliphatic rings. The Labute approximate surface area is 71.7 Å². The molecule has 2 atom stereocenters. The summed E-state index contributed by atoms with van der Waals surface area (Å²) in [6.45, 7) is 3.89. The molecule has 0 radical (unpaired) electrons. The second-order valence-electron chi connectivity index (χ2n) is 3.29. The zero-order valence-electron chi connectivity index (χ0n) is 7.41. The number of nitrogens with two attached hydrogens (primary N) is 1. The first kappa shape index (κ1) is 9.19. The Bertz CT molecular complexity index is 215. The molecular formula is C8H14N2O2. The van der Waals surface area contributed by atoms with Gasteiger partial charge in [-0.1, -0.05) is 6.92 Å². The molecule has 4 heteroatoms. The number of nitrogens with zero attached hydrogens (tertiary/aromatic N) is 1. The van der Waals surface area contributed by atoms with Crippen molar-refractivity contribution < 1.29 is 9.59 Å². The van der Waals surface area contributed by atoms with E-state index in [1.54, 1.807) is 13.8 Å². The van der Waals surface area contributed by atoms with E-state index in [0.29, 0.717) is 13.0 Å². The lowest BCUT2D eigenvalue weighted by molar-refractivity contribution is -0.141. The first-order valence-corrected chi connectivity index (χ1v) is 4.14. The monoisotopic (exact) mass is 170 g/mol. The smallest absolute Gasteiger partial charge is 0.232 e. The second-order valence-corrected chi connectivity index (χ2v) is 3.29. The van der Waals surface area contributed by atoms with Gasteiger partial charge in [-0.3, -0.25) is 14.5 Å². The minimum Gasteiger partial charge on any atom is -0.328 e. The fraction of sp³-hybridized carbons (Fsp3) is 0.750. The van der Waals surface area contributed by atoms with E-state index in [9.17, 15) is 9.59 Å². The van der Waals surface area contributed by atoms with Crippen LogP contribution in [0.4, 0.5) is 0 Å². The standard InChI is InChI=1S/C8H14N2O2/c1-5-3-7(11)10(8(5)12)6(2)4-9/h5-6H,3-4,9H2,1-2H3. The van der Waals surface area contributed by atoms with Crippen molar-refractivity contribution in [1.82, 2.24) is 4.90 Å². The molecular weight excluding hydrogens is 156 g/mol. The van der Waals surface area contributed by atoms with Gasteiger partial charge in [0, 0.05) is 24.9 Å². The summed E-state index contributed by atoms with van der Waals surface area (Å²) >= 11 is 0. The molecule has 0 aromatic carbocycles. The number of carbonyl (C=O) groups excluding carboxylic acids is 2. The molecule has 0 aromatic heterocycles. The largest absolute Gasteiger partial charge is 0.328 e. The van der Waals surface area contributed by atoms with Crippen molar-refractivity contribution in [1.29, 1.82) is 0 Å². The average molecular weight is 170 g/mol. The van der Waals surface area contributed by atoms with Gasteiger partial charge in [0.2, 0.25) is 11.8 Å². The summed E-state index contributed by atoms with van der Waals surface area (Å²) in [6, 6.07) is -0.157. The highest BCUT2D eigenvalue weighted by atomic mass is 16.2. The lowest BCUT2D eigenvalue weighted by Crippen LogP contribution is -2.42. The summed E-state index contributed by atoms with van der Waals surface area (Å²) in [7, 11) is 0. The van der Waals surface area contributed by atoms with Crippen molar-refractivity contribution in [3.05, 3.63) is 0 Å². The fourth-order valence-electron chi connectivity index (χ4n) is 1.38. The van der Waals surface area contributed by atoms with Crippen LogP contribution < -0.4 is 5.73 Å².